The van der Waals surface area contributed by atoms with Gasteiger partial charge in [-0.3, -0.25) is 4.79 Å². The number of nitrogens with zero attached hydrogens (tertiary/aromatic N) is 1. The molecule has 0 bridgehead atoms. The molecular weight excluding hydrogens is 226 g/mol. The smallest absolute Gasteiger partial charge is 0.266 e. The van der Waals surface area contributed by atoms with Gasteiger partial charge < -0.3 is 5.32 Å². The summed E-state index contributed by atoms with van der Waals surface area (Å²) in [6, 6.07) is 3.66. The summed E-state index contributed by atoms with van der Waals surface area (Å²) < 4.78 is 24.1. The second-order valence-electron chi connectivity index (χ2n) is 4.07. The van der Waals surface area contributed by atoms with Gasteiger partial charge in [-0.2, -0.15) is 8.78 Å². The third-order valence-electron chi connectivity index (χ3n) is 2.75. The SMILES string of the molecule is Cc1ccc2c(n1)NC(=O)CC2CC=C(F)F. The average Bonchev–Trinajstić information content (AvgIpc) is 2.24. The number of hydrogen-bond donors (Lipinski definition) is 1. The number of fused-ring (bicyclic) bond motifs is 1. The number of nitrogens with one attached hydrogen (secondary N) is 1. The lowest BCUT2D eigenvalue weighted by molar-refractivity contribution is -0.116. The molecule has 1 unspecified atom stereocenters. The topological polar surface area (TPSA) is 42.0 Å². The van der Waals surface area contributed by atoms with Gasteiger partial charge in [0.2, 0.25) is 5.91 Å². The van der Waals surface area contributed by atoms with Crippen LogP contribution >= 0.6 is 0 Å². The van der Waals surface area contributed by atoms with Crippen LogP contribution in [-0.2, 0) is 4.79 Å². The highest BCUT2D eigenvalue weighted by molar-refractivity contribution is 5.93. The number of carbonyl (C=O) groups is 1. The molecule has 0 aromatic carbocycles. The minimum absolute atomic E-state index is 0.160. The number of carbonyl (C=O) groups excluding carboxylic acids is 1. The Morgan fingerprint density at radius 1 is 1.59 bits per heavy atom. The number of pyridine rings is 1. The van der Waals surface area contributed by atoms with Crippen molar-refractivity contribution in [3.05, 3.63) is 35.5 Å². The molecule has 3 nitrogen and oxygen atoms in total. The Morgan fingerprint density at radius 2 is 2.35 bits per heavy atom. The first kappa shape index (κ1) is 11.7. The van der Waals surface area contributed by atoms with E-state index in [4.69, 9.17) is 0 Å². The maximum Gasteiger partial charge on any atom is 0.266 e. The zero-order chi connectivity index (χ0) is 12.4. The fraction of sp³-hybridized carbons (Fsp3) is 0.333. The zero-order valence-corrected chi connectivity index (χ0v) is 9.34. The maximum absolute atomic E-state index is 12.1. The first-order valence-electron chi connectivity index (χ1n) is 5.35. The number of allylic oxidation sites excluding steroid dienone is 1. The van der Waals surface area contributed by atoms with Crippen LogP contribution in [0.5, 0.6) is 0 Å². The highest BCUT2D eigenvalue weighted by Gasteiger charge is 2.25. The van der Waals surface area contributed by atoms with Gasteiger partial charge in [0, 0.05) is 12.1 Å². The summed E-state index contributed by atoms with van der Waals surface area (Å²) in [6.45, 7) is 1.82. The van der Waals surface area contributed by atoms with E-state index >= 15 is 0 Å². The van der Waals surface area contributed by atoms with E-state index in [9.17, 15) is 13.6 Å². The summed E-state index contributed by atoms with van der Waals surface area (Å²) in [7, 11) is 0. The van der Waals surface area contributed by atoms with Crippen LogP contribution in [0, 0.1) is 6.92 Å². The second kappa shape index (κ2) is 4.61. The third-order valence-corrected chi connectivity index (χ3v) is 2.75. The molecule has 0 saturated carbocycles. The molecule has 0 aliphatic carbocycles. The summed E-state index contributed by atoms with van der Waals surface area (Å²) in [6.07, 6.45) is -0.473. The van der Waals surface area contributed by atoms with E-state index in [-0.39, 0.29) is 24.7 Å². The molecule has 0 saturated heterocycles. The largest absolute Gasteiger partial charge is 0.310 e. The molecule has 2 rings (SSSR count). The van der Waals surface area contributed by atoms with Crippen molar-refractivity contribution >= 4 is 11.7 Å². The number of halogens is 2. The molecule has 1 aliphatic heterocycles. The molecule has 1 atom stereocenters. The molecule has 0 spiro atoms. The van der Waals surface area contributed by atoms with Gasteiger partial charge >= 0.3 is 0 Å². The van der Waals surface area contributed by atoms with Crippen molar-refractivity contribution in [2.75, 3.05) is 5.32 Å². The van der Waals surface area contributed by atoms with E-state index in [1.165, 1.54) is 0 Å². The highest BCUT2D eigenvalue weighted by Crippen LogP contribution is 2.33. The summed E-state index contributed by atoms with van der Waals surface area (Å²) in [5.41, 5.74) is 1.62. The predicted molar refractivity (Wildman–Crippen MR) is 59.9 cm³/mol. The molecule has 1 amide bonds. The van der Waals surface area contributed by atoms with Gasteiger partial charge in [-0.25, -0.2) is 4.98 Å². The number of amides is 1. The molecule has 17 heavy (non-hydrogen) atoms. The summed E-state index contributed by atoms with van der Waals surface area (Å²) >= 11 is 0. The average molecular weight is 238 g/mol. The maximum atomic E-state index is 12.1. The van der Waals surface area contributed by atoms with Crippen LogP contribution in [0.1, 0.15) is 30.0 Å². The molecule has 5 heteroatoms. The van der Waals surface area contributed by atoms with Crippen LogP contribution in [0.15, 0.2) is 24.3 Å². The van der Waals surface area contributed by atoms with Crippen LogP contribution < -0.4 is 5.32 Å². The summed E-state index contributed by atoms with van der Waals surface area (Å²) in [5.74, 6) is 0.112. The van der Waals surface area contributed by atoms with Crippen LogP contribution in [0.3, 0.4) is 0 Å². The first-order valence-corrected chi connectivity index (χ1v) is 5.35. The molecule has 1 N–H and O–H groups in total. The molecular formula is C12H12F2N2O. The van der Waals surface area contributed by atoms with Crippen molar-refractivity contribution in [2.24, 2.45) is 0 Å². The monoisotopic (exact) mass is 238 g/mol. The lowest BCUT2D eigenvalue weighted by atomic mass is 9.90. The molecule has 1 aromatic heterocycles. The normalized spacial score (nSPS) is 18.3. The van der Waals surface area contributed by atoms with Gasteiger partial charge in [0.05, 0.1) is 0 Å². The van der Waals surface area contributed by atoms with Crippen LogP contribution in [0.4, 0.5) is 14.6 Å². The molecule has 2 heterocycles. The van der Waals surface area contributed by atoms with Crippen molar-refractivity contribution in [2.45, 2.75) is 25.7 Å². The highest BCUT2D eigenvalue weighted by atomic mass is 19.3. The minimum Gasteiger partial charge on any atom is -0.310 e. The Hall–Kier alpha value is -1.78. The molecule has 0 fully saturated rings. The fourth-order valence-corrected chi connectivity index (χ4v) is 1.96. The van der Waals surface area contributed by atoms with E-state index in [1.54, 1.807) is 0 Å². The number of rotatable bonds is 2. The van der Waals surface area contributed by atoms with Gasteiger partial charge in [0.25, 0.3) is 6.08 Å². The lowest BCUT2D eigenvalue weighted by Gasteiger charge is -2.23. The van der Waals surface area contributed by atoms with Gasteiger partial charge in [-0.05, 0) is 37.0 Å². The fourth-order valence-electron chi connectivity index (χ4n) is 1.96. The van der Waals surface area contributed by atoms with Crippen molar-refractivity contribution in [3.8, 4) is 0 Å². The minimum atomic E-state index is -1.71. The second-order valence-corrected chi connectivity index (χ2v) is 4.07. The van der Waals surface area contributed by atoms with Gasteiger partial charge in [-0.1, -0.05) is 6.07 Å². The Labute approximate surface area is 97.6 Å². The number of aryl methyl sites for hydroxylation is 1. The Balaban J connectivity index is 2.31. The third kappa shape index (κ3) is 2.67. The van der Waals surface area contributed by atoms with Crippen molar-refractivity contribution in [1.29, 1.82) is 0 Å². The lowest BCUT2D eigenvalue weighted by Crippen LogP contribution is -2.23. The van der Waals surface area contributed by atoms with Crippen molar-refractivity contribution in [3.63, 3.8) is 0 Å². The van der Waals surface area contributed by atoms with E-state index in [0.29, 0.717) is 5.82 Å². The zero-order valence-electron chi connectivity index (χ0n) is 9.34. The van der Waals surface area contributed by atoms with Gasteiger partial charge in [-0.15, -0.1) is 0 Å². The summed E-state index contributed by atoms with van der Waals surface area (Å²) in [5, 5.41) is 2.66. The number of aromatic nitrogens is 1. The Kier molecular flexibility index (Phi) is 3.17. The van der Waals surface area contributed by atoms with Gasteiger partial charge in [0.15, 0.2) is 0 Å². The van der Waals surface area contributed by atoms with Crippen LogP contribution in [0.2, 0.25) is 0 Å². The molecule has 1 aliphatic rings. The molecule has 90 valence electrons. The Morgan fingerprint density at radius 3 is 3.06 bits per heavy atom. The Bertz CT molecular complexity index is 481. The van der Waals surface area contributed by atoms with E-state index in [2.05, 4.69) is 10.3 Å². The standard InChI is InChI=1S/C12H12F2N2O/c1-7-2-4-9-8(3-5-10(13)14)6-11(17)16-12(9)15-7/h2,4-5,8H,3,6H2,1H3,(H,15,16,17). The van der Waals surface area contributed by atoms with Crippen LogP contribution in [-0.4, -0.2) is 10.9 Å². The number of hydrogen-bond acceptors (Lipinski definition) is 2. The van der Waals surface area contributed by atoms with E-state index < -0.39 is 6.08 Å². The van der Waals surface area contributed by atoms with Crippen LogP contribution in [0.25, 0.3) is 0 Å². The van der Waals surface area contributed by atoms with Crippen molar-refractivity contribution < 1.29 is 13.6 Å². The first-order chi connectivity index (χ1) is 8.06. The predicted octanol–water partition coefficient (Wildman–Crippen LogP) is 2.99. The number of anilines is 1. The molecule has 1 aromatic rings. The molecule has 0 radical (unpaired) electrons. The van der Waals surface area contributed by atoms with E-state index in [1.807, 2.05) is 19.1 Å². The van der Waals surface area contributed by atoms with Gasteiger partial charge in [0.1, 0.15) is 5.82 Å². The van der Waals surface area contributed by atoms with E-state index in [0.717, 1.165) is 17.3 Å². The summed E-state index contributed by atoms with van der Waals surface area (Å²) in [4.78, 5) is 15.6. The quantitative estimate of drug-likeness (QED) is 0.860. The van der Waals surface area contributed by atoms with Crippen molar-refractivity contribution in [1.82, 2.24) is 4.98 Å².